The Morgan fingerprint density at radius 1 is 1.47 bits per heavy atom. The highest BCUT2D eigenvalue weighted by Crippen LogP contribution is 2.21. The van der Waals surface area contributed by atoms with E-state index in [9.17, 15) is 9.50 Å². The molecule has 0 heterocycles. The number of aliphatic hydroxyl groups is 1. The van der Waals surface area contributed by atoms with Gasteiger partial charge in [0.05, 0.1) is 6.61 Å². The first-order valence-electron chi connectivity index (χ1n) is 5.39. The van der Waals surface area contributed by atoms with Crippen molar-refractivity contribution in [2.24, 2.45) is 0 Å². The van der Waals surface area contributed by atoms with Crippen LogP contribution in [-0.2, 0) is 0 Å². The standard InChI is InChI=1S/C12H16FNO/c13-11-3-1-2-9(6-11)10(8-15)7-14-12-4-5-12/h1-3,6,10,12,14-15H,4-5,7-8H2. The van der Waals surface area contributed by atoms with Gasteiger partial charge in [-0.15, -0.1) is 0 Å². The van der Waals surface area contributed by atoms with Gasteiger partial charge in [-0.25, -0.2) is 4.39 Å². The fraction of sp³-hybridized carbons (Fsp3) is 0.500. The minimum atomic E-state index is -0.239. The van der Waals surface area contributed by atoms with Crippen molar-refractivity contribution in [2.45, 2.75) is 24.8 Å². The minimum absolute atomic E-state index is 0.00120. The van der Waals surface area contributed by atoms with Crippen LogP contribution in [0.15, 0.2) is 24.3 Å². The Morgan fingerprint density at radius 3 is 2.87 bits per heavy atom. The van der Waals surface area contributed by atoms with Crippen molar-refractivity contribution in [1.29, 1.82) is 0 Å². The molecule has 0 amide bonds. The third-order valence-corrected chi connectivity index (χ3v) is 2.77. The average molecular weight is 209 g/mol. The fourth-order valence-electron chi connectivity index (χ4n) is 1.64. The second-order valence-electron chi connectivity index (χ2n) is 4.12. The van der Waals surface area contributed by atoms with Crippen LogP contribution in [0, 0.1) is 5.82 Å². The molecule has 0 bridgehead atoms. The predicted octanol–water partition coefficient (Wildman–Crippen LogP) is 1.65. The quantitative estimate of drug-likeness (QED) is 0.773. The summed E-state index contributed by atoms with van der Waals surface area (Å²) in [6.07, 6.45) is 2.45. The summed E-state index contributed by atoms with van der Waals surface area (Å²) in [5.74, 6) is -0.237. The first-order valence-corrected chi connectivity index (χ1v) is 5.39. The van der Waals surface area contributed by atoms with Gasteiger partial charge in [-0.3, -0.25) is 0 Å². The number of nitrogens with one attached hydrogen (secondary N) is 1. The first-order chi connectivity index (χ1) is 7.29. The summed E-state index contributed by atoms with van der Waals surface area (Å²) in [6, 6.07) is 7.08. The summed E-state index contributed by atoms with van der Waals surface area (Å²) in [5, 5.41) is 12.6. The van der Waals surface area contributed by atoms with Crippen LogP contribution in [0.5, 0.6) is 0 Å². The molecule has 2 N–H and O–H groups in total. The Labute approximate surface area is 89.1 Å². The summed E-state index contributed by atoms with van der Waals surface area (Å²) in [7, 11) is 0. The largest absolute Gasteiger partial charge is 0.396 e. The average Bonchev–Trinajstić information content (AvgIpc) is 3.03. The lowest BCUT2D eigenvalue weighted by Gasteiger charge is -2.15. The maximum Gasteiger partial charge on any atom is 0.123 e. The van der Waals surface area contributed by atoms with Gasteiger partial charge in [-0.2, -0.15) is 0 Å². The van der Waals surface area contributed by atoms with E-state index in [1.807, 2.05) is 6.07 Å². The Kier molecular flexibility index (Phi) is 3.34. The summed E-state index contributed by atoms with van der Waals surface area (Å²) in [6.45, 7) is 0.786. The molecule has 0 aliphatic heterocycles. The Hall–Kier alpha value is -0.930. The summed E-state index contributed by atoms with van der Waals surface area (Å²) in [5.41, 5.74) is 0.866. The van der Waals surface area contributed by atoms with E-state index in [1.54, 1.807) is 6.07 Å². The normalized spacial score (nSPS) is 17.7. The monoisotopic (exact) mass is 209 g/mol. The molecule has 1 fully saturated rings. The van der Waals surface area contributed by atoms with Gasteiger partial charge in [-0.05, 0) is 30.5 Å². The van der Waals surface area contributed by atoms with Crippen molar-refractivity contribution in [3.8, 4) is 0 Å². The smallest absolute Gasteiger partial charge is 0.123 e. The van der Waals surface area contributed by atoms with Gasteiger partial charge < -0.3 is 10.4 Å². The molecule has 2 rings (SSSR count). The van der Waals surface area contributed by atoms with Gasteiger partial charge in [0, 0.05) is 18.5 Å². The van der Waals surface area contributed by atoms with Crippen molar-refractivity contribution >= 4 is 0 Å². The molecule has 1 aliphatic carbocycles. The summed E-state index contributed by atoms with van der Waals surface area (Å²) >= 11 is 0. The van der Waals surface area contributed by atoms with Crippen LogP contribution in [0.1, 0.15) is 24.3 Å². The van der Waals surface area contributed by atoms with E-state index in [0.29, 0.717) is 6.04 Å². The van der Waals surface area contributed by atoms with Crippen LogP contribution in [0.3, 0.4) is 0 Å². The number of aliphatic hydroxyl groups excluding tert-OH is 1. The van der Waals surface area contributed by atoms with Crippen LogP contribution < -0.4 is 5.32 Å². The van der Waals surface area contributed by atoms with Gasteiger partial charge in [0.25, 0.3) is 0 Å². The number of hydrogen-bond acceptors (Lipinski definition) is 2. The zero-order chi connectivity index (χ0) is 10.7. The number of halogens is 1. The van der Waals surface area contributed by atoms with E-state index >= 15 is 0 Å². The van der Waals surface area contributed by atoms with Gasteiger partial charge in [0.15, 0.2) is 0 Å². The zero-order valence-electron chi connectivity index (χ0n) is 8.62. The van der Waals surface area contributed by atoms with Gasteiger partial charge in [0.2, 0.25) is 0 Å². The van der Waals surface area contributed by atoms with Gasteiger partial charge >= 0.3 is 0 Å². The van der Waals surface area contributed by atoms with Gasteiger partial charge in [-0.1, -0.05) is 12.1 Å². The van der Waals surface area contributed by atoms with Crippen LogP contribution >= 0.6 is 0 Å². The first kappa shape index (κ1) is 10.6. The molecule has 0 saturated heterocycles. The van der Waals surface area contributed by atoms with Crippen molar-refractivity contribution in [3.05, 3.63) is 35.6 Å². The van der Waals surface area contributed by atoms with E-state index in [4.69, 9.17) is 0 Å². The second kappa shape index (κ2) is 4.73. The van der Waals surface area contributed by atoms with Crippen LogP contribution in [0.25, 0.3) is 0 Å². The molecule has 1 aromatic rings. The SMILES string of the molecule is OCC(CNC1CC1)c1cccc(F)c1. The van der Waals surface area contributed by atoms with E-state index in [2.05, 4.69) is 5.32 Å². The molecule has 0 aromatic heterocycles. The van der Waals surface area contributed by atoms with Crippen LogP contribution in [-0.4, -0.2) is 24.3 Å². The number of rotatable bonds is 5. The highest BCUT2D eigenvalue weighted by atomic mass is 19.1. The molecule has 15 heavy (non-hydrogen) atoms. The Bertz CT molecular complexity index is 325. The van der Waals surface area contributed by atoms with Crippen LogP contribution in [0.2, 0.25) is 0 Å². The number of benzene rings is 1. The molecule has 0 spiro atoms. The topological polar surface area (TPSA) is 32.3 Å². The van der Waals surface area contributed by atoms with E-state index in [-0.39, 0.29) is 18.3 Å². The van der Waals surface area contributed by atoms with Crippen LogP contribution in [0.4, 0.5) is 4.39 Å². The van der Waals surface area contributed by atoms with Crippen molar-refractivity contribution in [3.63, 3.8) is 0 Å². The van der Waals surface area contributed by atoms with Gasteiger partial charge in [0.1, 0.15) is 5.82 Å². The fourth-order valence-corrected chi connectivity index (χ4v) is 1.64. The zero-order valence-corrected chi connectivity index (χ0v) is 8.62. The molecule has 0 radical (unpaired) electrons. The second-order valence-corrected chi connectivity index (χ2v) is 4.12. The molecule has 2 nitrogen and oxygen atoms in total. The third-order valence-electron chi connectivity index (χ3n) is 2.77. The maximum absolute atomic E-state index is 13.0. The molecular formula is C12H16FNO. The minimum Gasteiger partial charge on any atom is -0.396 e. The van der Waals surface area contributed by atoms with Crippen molar-refractivity contribution in [1.82, 2.24) is 5.32 Å². The molecule has 1 aromatic carbocycles. The lowest BCUT2D eigenvalue weighted by molar-refractivity contribution is 0.261. The molecular weight excluding hydrogens is 193 g/mol. The van der Waals surface area contributed by atoms with E-state index in [1.165, 1.54) is 25.0 Å². The lowest BCUT2D eigenvalue weighted by atomic mass is 10.00. The molecule has 3 heteroatoms. The lowest BCUT2D eigenvalue weighted by Crippen LogP contribution is -2.25. The summed E-state index contributed by atoms with van der Waals surface area (Å²) in [4.78, 5) is 0. The molecule has 1 unspecified atom stereocenters. The third kappa shape index (κ3) is 3.01. The maximum atomic E-state index is 13.0. The molecule has 1 atom stereocenters. The highest BCUT2D eigenvalue weighted by molar-refractivity contribution is 5.21. The highest BCUT2D eigenvalue weighted by Gasteiger charge is 2.22. The number of hydrogen-bond donors (Lipinski definition) is 2. The van der Waals surface area contributed by atoms with Crippen molar-refractivity contribution < 1.29 is 9.50 Å². The molecule has 1 aliphatic rings. The Morgan fingerprint density at radius 2 is 2.27 bits per heavy atom. The molecule has 82 valence electrons. The van der Waals surface area contributed by atoms with Crippen molar-refractivity contribution in [2.75, 3.05) is 13.2 Å². The van der Waals surface area contributed by atoms with E-state index in [0.717, 1.165) is 12.1 Å². The van der Waals surface area contributed by atoms with E-state index < -0.39 is 0 Å². The molecule has 1 saturated carbocycles. The Balaban J connectivity index is 1.97. The summed E-state index contributed by atoms with van der Waals surface area (Å²) < 4.78 is 13.0. The predicted molar refractivity (Wildman–Crippen MR) is 57.3 cm³/mol.